The molecule has 2 rings (SSSR count). The zero-order valence-corrected chi connectivity index (χ0v) is 11.0. The summed E-state index contributed by atoms with van der Waals surface area (Å²) in [7, 11) is 3.69. The van der Waals surface area contributed by atoms with Crippen LogP contribution in [0.15, 0.2) is 18.3 Å². The van der Waals surface area contributed by atoms with Crippen molar-refractivity contribution in [1.82, 2.24) is 19.6 Å². The molecule has 2 aromatic heterocycles. The number of carbonyl (C=O) groups excluding carboxylic acids is 1. The van der Waals surface area contributed by atoms with Crippen LogP contribution in [0.1, 0.15) is 27.4 Å². The Morgan fingerprint density at radius 1 is 1.28 bits per heavy atom. The van der Waals surface area contributed by atoms with Gasteiger partial charge in [0.15, 0.2) is 5.78 Å². The molecule has 5 heteroatoms. The third-order valence-corrected chi connectivity index (χ3v) is 3.04. The number of nitrogens with zero attached hydrogens (tertiary/aromatic N) is 4. The zero-order valence-electron chi connectivity index (χ0n) is 11.0. The third-order valence-electron chi connectivity index (χ3n) is 3.04. The summed E-state index contributed by atoms with van der Waals surface area (Å²) in [5.74, 6) is -0.0519. The van der Waals surface area contributed by atoms with E-state index in [0.29, 0.717) is 5.56 Å². The molecule has 94 valence electrons. The van der Waals surface area contributed by atoms with Crippen molar-refractivity contribution in [2.24, 2.45) is 14.1 Å². The van der Waals surface area contributed by atoms with E-state index in [1.54, 1.807) is 21.6 Å². The minimum Gasteiger partial charge on any atom is -0.289 e. The molecule has 0 radical (unpaired) electrons. The summed E-state index contributed by atoms with van der Waals surface area (Å²) < 4.78 is 3.46. The lowest BCUT2D eigenvalue weighted by atomic mass is 10.1. The molecule has 0 bridgehead atoms. The third kappa shape index (κ3) is 2.25. The molecule has 0 N–H and O–H groups in total. The predicted octanol–water partition coefficient (Wildman–Crippen LogP) is 1.67. The van der Waals surface area contributed by atoms with Gasteiger partial charge in [0, 0.05) is 25.5 Å². The minimum atomic E-state index is -0.0519. The summed E-state index contributed by atoms with van der Waals surface area (Å²) >= 11 is 0. The Morgan fingerprint density at radius 3 is 2.50 bits per heavy atom. The molecule has 0 aliphatic carbocycles. The lowest BCUT2D eigenvalue weighted by Gasteiger charge is -1.95. The van der Waals surface area contributed by atoms with Gasteiger partial charge in [-0.15, -0.1) is 0 Å². The fraction of sp³-hybridized carbons (Fsp3) is 0.308. The predicted molar refractivity (Wildman–Crippen MR) is 69.3 cm³/mol. The molecule has 0 atom stereocenters. The smallest absolute Gasteiger partial charge is 0.189 e. The number of rotatable bonds is 3. The monoisotopic (exact) mass is 244 g/mol. The second kappa shape index (κ2) is 4.60. The normalized spacial score (nSPS) is 11.3. The lowest BCUT2D eigenvalue weighted by Crippen LogP contribution is -1.98. The summed E-state index contributed by atoms with van der Waals surface area (Å²) in [6, 6.07) is 1.93. The molecule has 2 aromatic rings. The molecular formula is C13H16N4O. The van der Waals surface area contributed by atoms with Crippen molar-refractivity contribution in [3.8, 4) is 0 Å². The molecule has 0 aromatic carbocycles. The Hall–Kier alpha value is -2.17. The molecule has 0 spiro atoms. The highest BCUT2D eigenvalue weighted by molar-refractivity contribution is 6.07. The molecule has 0 saturated carbocycles. The minimum absolute atomic E-state index is 0.0519. The van der Waals surface area contributed by atoms with Crippen LogP contribution in [0.25, 0.3) is 6.08 Å². The van der Waals surface area contributed by atoms with Crippen molar-refractivity contribution in [2.75, 3.05) is 0 Å². The van der Waals surface area contributed by atoms with Crippen molar-refractivity contribution in [3.63, 3.8) is 0 Å². The number of hydrogen-bond acceptors (Lipinski definition) is 3. The van der Waals surface area contributed by atoms with E-state index >= 15 is 0 Å². The van der Waals surface area contributed by atoms with Crippen LogP contribution in [-0.4, -0.2) is 25.3 Å². The van der Waals surface area contributed by atoms with Gasteiger partial charge in [-0.05, 0) is 32.1 Å². The molecule has 0 aliphatic heterocycles. The Bertz CT molecular complexity index is 599. The van der Waals surface area contributed by atoms with E-state index in [2.05, 4.69) is 10.2 Å². The first kappa shape index (κ1) is 12.3. The molecule has 0 fully saturated rings. The quantitative estimate of drug-likeness (QED) is 0.609. The van der Waals surface area contributed by atoms with Crippen LogP contribution in [0.4, 0.5) is 0 Å². The summed E-state index contributed by atoms with van der Waals surface area (Å²) in [5, 5.41) is 8.31. The summed E-state index contributed by atoms with van der Waals surface area (Å²) in [6.45, 7) is 3.84. The fourth-order valence-electron chi connectivity index (χ4n) is 1.66. The van der Waals surface area contributed by atoms with Crippen LogP contribution < -0.4 is 0 Å². The molecule has 0 unspecified atom stereocenters. The van der Waals surface area contributed by atoms with E-state index in [9.17, 15) is 4.79 Å². The first-order valence-electron chi connectivity index (χ1n) is 5.70. The molecule has 0 aliphatic rings. The van der Waals surface area contributed by atoms with E-state index < -0.39 is 0 Å². The van der Waals surface area contributed by atoms with Crippen molar-refractivity contribution in [2.45, 2.75) is 13.8 Å². The summed E-state index contributed by atoms with van der Waals surface area (Å²) in [4.78, 5) is 12.0. The van der Waals surface area contributed by atoms with Gasteiger partial charge in [-0.25, -0.2) is 0 Å². The number of aryl methyl sites for hydroxylation is 3. The van der Waals surface area contributed by atoms with Gasteiger partial charge in [0.2, 0.25) is 0 Å². The standard InChI is InChI=1S/C13H16N4O/c1-9-7-11(15-16(9)3)5-6-13(18)12-8-14-17(4)10(12)2/h5-8H,1-4H3/b6-5+. The maximum absolute atomic E-state index is 12.0. The van der Waals surface area contributed by atoms with Gasteiger partial charge in [-0.2, -0.15) is 10.2 Å². The fourth-order valence-corrected chi connectivity index (χ4v) is 1.66. The maximum atomic E-state index is 12.0. The van der Waals surface area contributed by atoms with Crippen molar-refractivity contribution in [1.29, 1.82) is 0 Å². The van der Waals surface area contributed by atoms with Crippen LogP contribution in [0.2, 0.25) is 0 Å². The van der Waals surface area contributed by atoms with Crippen molar-refractivity contribution >= 4 is 11.9 Å². The Morgan fingerprint density at radius 2 is 2.00 bits per heavy atom. The average Bonchev–Trinajstić information content (AvgIpc) is 2.82. The van der Waals surface area contributed by atoms with Gasteiger partial charge in [0.05, 0.1) is 17.5 Å². The average molecular weight is 244 g/mol. The topological polar surface area (TPSA) is 52.7 Å². The molecule has 18 heavy (non-hydrogen) atoms. The molecule has 2 heterocycles. The maximum Gasteiger partial charge on any atom is 0.189 e. The van der Waals surface area contributed by atoms with Gasteiger partial charge in [-0.3, -0.25) is 14.2 Å². The largest absolute Gasteiger partial charge is 0.289 e. The van der Waals surface area contributed by atoms with Crippen LogP contribution in [0.5, 0.6) is 0 Å². The highest BCUT2D eigenvalue weighted by atomic mass is 16.1. The molecule has 5 nitrogen and oxygen atoms in total. The number of ketones is 1. The highest BCUT2D eigenvalue weighted by Crippen LogP contribution is 2.09. The molecule has 0 saturated heterocycles. The van der Waals surface area contributed by atoms with Gasteiger partial charge in [0.1, 0.15) is 0 Å². The van der Waals surface area contributed by atoms with E-state index in [1.807, 2.05) is 34.0 Å². The Labute approximate surface area is 106 Å². The van der Waals surface area contributed by atoms with Crippen LogP contribution in [-0.2, 0) is 14.1 Å². The van der Waals surface area contributed by atoms with Crippen LogP contribution in [0.3, 0.4) is 0 Å². The number of hydrogen-bond donors (Lipinski definition) is 0. The first-order valence-corrected chi connectivity index (χ1v) is 5.70. The Balaban J connectivity index is 2.19. The summed E-state index contributed by atoms with van der Waals surface area (Å²) in [6.07, 6.45) is 4.85. The lowest BCUT2D eigenvalue weighted by molar-refractivity contribution is 0.104. The number of carbonyl (C=O) groups is 1. The van der Waals surface area contributed by atoms with E-state index in [4.69, 9.17) is 0 Å². The highest BCUT2D eigenvalue weighted by Gasteiger charge is 2.09. The van der Waals surface area contributed by atoms with E-state index in [0.717, 1.165) is 17.1 Å². The van der Waals surface area contributed by atoms with Crippen LogP contribution >= 0.6 is 0 Å². The number of aromatic nitrogens is 4. The van der Waals surface area contributed by atoms with Gasteiger partial charge in [-0.1, -0.05) is 0 Å². The van der Waals surface area contributed by atoms with E-state index in [1.165, 1.54) is 6.08 Å². The zero-order chi connectivity index (χ0) is 13.3. The second-order valence-corrected chi connectivity index (χ2v) is 4.30. The van der Waals surface area contributed by atoms with Gasteiger partial charge >= 0.3 is 0 Å². The first-order chi connectivity index (χ1) is 8.49. The van der Waals surface area contributed by atoms with Crippen molar-refractivity contribution in [3.05, 3.63) is 41.0 Å². The second-order valence-electron chi connectivity index (χ2n) is 4.30. The van der Waals surface area contributed by atoms with Crippen molar-refractivity contribution < 1.29 is 4.79 Å². The molecular weight excluding hydrogens is 228 g/mol. The summed E-state index contributed by atoms with van der Waals surface area (Å²) in [5.41, 5.74) is 3.33. The van der Waals surface area contributed by atoms with Gasteiger partial charge in [0.25, 0.3) is 0 Å². The van der Waals surface area contributed by atoms with Gasteiger partial charge < -0.3 is 0 Å². The number of allylic oxidation sites excluding steroid dienone is 1. The molecule has 0 amide bonds. The SMILES string of the molecule is Cc1cc(/C=C/C(=O)c2cnn(C)c2C)nn1C. The Kier molecular flexibility index (Phi) is 3.14. The van der Waals surface area contributed by atoms with E-state index in [-0.39, 0.29) is 5.78 Å². The van der Waals surface area contributed by atoms with Crippen LogP contribution in [0, 0.1) is 13.8 Å².